The van der Waals surface area contributed by atoms with Crippen molar-refractivity contribution in [2.75, 3.05) is 34.4 Å². The van der Waals surface area contributed by atoms with Crippen LogP contribution in [0.15, 0.2) is 41.3 Å². The smallest absolute Gasteiger partial charge is 0.247 e. The fourth-order valence-corrected chi connectivity index (χ4v) is 4.64. The minimum atomic E-state index is -3.92. The van der Waals surface area contributed by atoms with Crippen molar-refractivity contribution in [3.63, 3.8) is 0 Å². The summed E-state index contributed by atoms with van der Waals surface area (Å²) < 4.78 is 43.2. The SMILES string of the molecule is CCN(CC(=O)NCc1c(OC)cccc1OC)S(=O)(=O)c1cc(C)ccc1OC. The van der Waals surface area contributed by atoms with E-state index in [1.807, 2.05) is 0 Å². The normalized spacial score (nSPS) is 11.3. The standard InChI is InChI=1S/C21H28N2O6S/c1-6-23(30(25,26)20-12-15(2)10-11-19(20)29-5)14-21(24)22-13-16-17(27-3)8-7-9-18(16)28-4/h7-12H,6,13-14H2,1-5H3,(H,22,24). The molecule has 0 aliphatic rings. The van der Waals surface area contributed by atoms with Crippen molar-refractivity contribution in [3.8, 4) is 17.2 Å². The topological polar surface area (TPSA) is 94.2 Å². The Morgan fingerprint density at radius 1 is 1.00 bits per heavy atom. The second-order valence-corrected chi connectivity index (χ2v) is 8.41. The van der Waals surface area contributed by atoms with E-state index in [0.29, 0.717) is 17.1 Å². The molecule has 0 radical (unpaired) electrons. The minimum Gasteiger partial charge on any atom is -0.496 e. The number of amides is 1. The molecule has 164 valence electrons. The molecule has 0 heterocycles. The summed E-state index contributed by atoms with van der Waals surface area (Å²) in [6, 6.07) is 10.2. The van der Waals surface area contributed by atoms with Gasteiger partial charge in [-0.25, -0.2) is 8.42 Å². The fourth-order valence-electron chi connectivity index (χ4n) is 3.00. The molecule has 0 saturated carbocycles. The van der Waals surface area contributed by atoms with Gasteiger partial charge in [-0.2, -0.15) is 4.31 Å². The van der Waals surface area contributed by atoms with E-state index in [4.69, 9.17) is 14.2 Å². The molecule has 0 unspecified atom stereocenters. The number of ether oxygens (including phenoxy) is 3. The fraction of sp³-hybridized carbons (Fsp3) is 0.381. The number of nitrogens with zero attached hydrogens (tertiary/aromatic N) is 1. The summed E-state index contributed by atoms with van der Waals surface area (Å²) in [6.07, 6.45) is 0. The lowest BCUT2D eigenvalue weighted by atomic mass is 10.1. The zero-order valence-electron chi connectivity index (χ0n) is 17.9. The first kappa shape index (κ1) is 23.5. The van der Waals surface area contributed by atoms with Gasteiger partial charge in [0.15, 0.2) is 0 Å². The van der Waals surface area contributed by atoms with E-state index in [0.717, 1.165) is 9.87 Å². The molecular formula is C21H28N2O6S. The number of nitrogens with one attached hydrogen (secondary N) is 1. The maximum Gasteiger partial charge on any atom is 0.247 e. The number of carbonyl (C=O) groups excluding carboxylic acids is 1. The Morgan fingerprint density at radius 3 is 2.13 bits per heavy atom. The second-order valence-electron chi connectivity index (χ2n) is 6.50. The molecule has 1 N–H and O–H groups in total. The average molecular weight is 437 g/mol. The number of methoxy groups -OCH3 is 3. The molecule has 8 nitrogen and oxygen atoms in total. The molecule has 0 aliphatic heterocycles. The lowest BCUT2D eigenvalue weighted by Gasteiger charge is -2.22. The number of hydrogen-bond acceptors (Lipinski definition) is 6. The van der Waals surface area contributed by atoms with Crippen LogP contribution in [0.1, 0.15) is 18.1 Å². The van der Waals surface area contributed by atoms with Gasteiger partial charge in [-0.1, -0.05) is 19.1 Å². The van der Waals surface area contributed by atoms with Gasteiger partial charge < -0.3 is 19.5 Å². The highest BCUT2D eigenvalue weighted by molar-refractivity contribution is 7.89. The van der Waals surface area contributed by atoms with Gasteiger partial charge in [-0.3, -0.25) is 4.79 Å². The van der Waals surface area contributed by atoms with E-state index in [2.05, 4.69) is 5.32 Å². The van der Waals surface area contributed by atoms with E-state index < -0.39 is 15.9 Å². The van der Waals surface area contributed by atoms with Crippen molar-refractivity contribution < 1.29 is 27.4 Å². The van der Waals surface area contributed by atoms with Gasteiger partial charge in [0.05, 0.1) is 40.0 Å². The zero-order chi connectivity index (χ0) is 22.3. The van der Waals surface area contributed by atoms with Gasteiger partial charge in [-0.05, 0) is 36.8 Å². The predicted octanol–water partition coefficient (Wildman–Crippen LogP) is 2.35. The molecule has 0 aliphatic carbocycles. The Bertz CT molecular complexity index is 969. The third-order valence-electron chi connectivity index (χ3n) is 4.60. The van der Waals surface area contributed by atoms with Gasteiger partial charge in [0.2, 0.25) is 15.9 Å². The Labute approximate surface area is 177 Å². The summed E-state index contributed by atoms with van der Waals surface area (Å²) in [6.45, 7) is 3.41. The van der Waals surface area contributed by atoms with Gasteiger partial charge in [0.1, 0.15) is 22.1 Å². The molecule has 0 aromatic heterocycles. The first-order valence-electron chi connectivity index (χ1n) is 9.39. The highest BCUT2D eigenvalue weighted by atomic mass is 32.2. The largest absolute Gasteiger partial charge is 0.496 e. The third-order valence-corrected chi connectivity index (χ3v) is 6.54. The van der Waals surface area contributed by atoms with Gasteiger partial charge in [-0.15, -0.1) is 0 Å². The summed E-state index contributed by atoms with van der Waals surface area (Å²) in [5, 5.41) is 2.74. The Hall–Kier alpha value is -2.78. The molecule has 0 saturated heterocycles. The number of benzene rings is 2. The van der Waals surface area contributed by atoms with Gasteiger partial charge >= 0.3 is 0 Å². The Morgan fingerprint density at radius 2 is 1.60 bits per heavy atom. The predicted molar refractivity (Wildman–Crippen MR) is 114 cm³/mol. The van der Waals surface area contributed by atoms with Gasteiger partial charge in [0.25, 0.3) is 0 Å². The van der Waals surface area contributed by atoms with E-state index in [1.165, 1.54) is 27.4 Å². The van der Waals surface area contributed by atoms with Crippen LogP contribution >= 0.6 is 0 Å². The molecule has 9 heteroatoms. The zero-order valence-corrected chi connectivity index (χ0v) is 18.7. The molecule has 2 aromatic carbocycles. The first-order valence-corrected chi connectivity index (χ1v) is 10.8. The Kier molecular flexibility index (Phi) is 8.08. The molecule has 0 bridgehead atoms. The molecule has 30 heavy (non-hydrogen) atoms. The van der Waals surface area contributed by atoms with Crippen LogP contribution in [0.4, 0.5) is 0 Å². The van der Waals surface area contributed by atoms with Crippen molar-refractivity contribution in [2.45, 2.75) is 25.3 Å². The minimum absolute atomic E-state index is 0.0334. The van der Waals surface area contributed by atoms with Crippen LogP contribution in [0.5, 0.6) is 17.2 Å². The number of rotatable bonds is 10. The molecule has 0 spiro atoms. The lowest BCUT2D eigenvalue weighted by molar-refractivity contribution is -0.121. The van der Waals surface area contributed by atoms with Crippen molar-refractivity contribution in [2.24, 2.45) is 0 Å². The van der Waals surface area contributed by atoms with Crippen molar-refractivity contribution in [1.29, 1.82) is 0 Å². The summed E-state index contributed by atoms with van der Waals surface area (Å²) in [4.78, 5) is 12.6. The average Bonchev–Trinajstić information content (AvgIpc) is 2.75. The summed E-state index contributed by atoms with van der Waals surface area (Å²) in [5.74, 6) is 0.927. The molecule has 1 amide bonds. The van der Waals surface area contributed by atoms with Crippen molar-refractivity contribution in [1.82, 2.24) is 9.62 Å². The van der Waals surface area contributed by atoms with Gasteiger partial charge in [0, 0.05) is 6.54 Å². The number of aryl methyl sites for hydroxylation is 1. The number of hydrogen-bond donors (Lipinski definition) is 1. The van der Waals surface area contributed by atoms with Crippen LogP contribution in [0.2, 0.25) is 0 Å². The van der Waals surface area contributed by atoms with Crippen LogP contribution in [-0.4, -0.2) is 53.0 Å². The van der Waals surface area contributed by atoms with Crippen LogP contribution in [0.3, 0.4) is 0 Å². The van der Waals surface area contributed by atoms with E-state index in [-0.39, 0.29) is 30.3 Å². The molecule has 2 aromatic rings. The van der Waals surface area contributed by atoms with Crippen LogP contribution < -0.4 is 19.5 Å². The monoisotopic (exact) mass is 436 g/mol. The van der Waals surface area contributed by atoms with Crippen LogP contribution in [-0.2, 0) is 21.4 Å². The number of sulfonamides is 1. The summed E-state index contributed by atoms with van der Waals surface area (Å²) >= 11 is 0. The van der Waals surface area contributed by atoms with E-state index in [9.17, 15) is 13.2 Å². The maximum absolute atomic E-state index is 13.1. The number of carbonyl (C=O) groups is 1. The number of likely N-dealkylation sites (N-methyl/N-ethyl adjacent to an activating group) is 1. The highest BCUT2D eigenvalue weighted by Gasteiger charge is 2.28. The molecule has 0 atom stereocenters. The van der Waals surface area contributed by atoms with E-state index in [1.54, 1.807) is 44.2 Å². The molecule has 0 fully saturated rings. The Balaban J connectivity index is 2.19. The lowest BCUT2D eigenvalue weighted by Crippen LogP contribution is -2.40. The third kappa shape index (κ3) is 5.22. The highest BCUT2D eigenvalue weighted by Crippen LogP contribution is 2.29. The first-order chi connectivity index (χ1) is 14.3. The van der Waals surface area contributed by atoms with Crippen LogP contribution in [0.25, 0.3) is 0 Å². The molecule has 2 rings (SSSR count). The van der Waals surface area contributed by atoms with Crippen molar-refractivity contribution in [3.05, 3.63) is 47.5 Å². The summed E-state index contributed by atoms with van der Waals surface area (Å²) in [7, 11) is 0.545. The molecular weight excluding hydrogens is 408 g/mol. The maximum atomic E-state index is 13.1. The quantitative estimate of drug-likeness (QED) is 0.614. The van der Waals surface area contributed by atoms with Crippen molar-refractivity contribution >= 4 is 15.9 Å². The summed E-state index contributed by atoms with van der Waals surface area (Å²) in [5.41, 5.74) is 1.44. The second kappa shape index (κ2) is 10.3. The van der Waals surface area contributed by atoms with Crippen LogP contribution in [0, 0.1) is 6.92 Å². The van der Waals surface area contributed by atoms with E-state index >= 15 is 0 Å².